The molecule has 1 fully saturated rings. The molecule has 0 unspecified atom stereocenters. The van der Waals surface area contributed by atoms with E-state index in [1.54, 1.807) is 11.3 Å². The molecular formula is C21H32N6S. The summed E-state index contributed by atoms with van der Waals surface area (Å²) >= 11 is 1.72. The molecule has 2 aromatic rings. The topological polar surface area (TPSA) is 55.8 Å². The Bertz CT molecular complexity index is 764. The highest BCUT2D eigenvalue weighted by Gasteiger charge is 2.16. The number of hydrogen-bond acceptors (Lipinski definition) is 5. The number of nitrogens with one attached hydrogen (secondary N) is 2. The first-order valence-corrected chi connectivity index (χ1v) is 10.9. The second-order valence-electron chi connectivity index (χ2n) is 7.24. The molecule has 2 heterocycles. The van der Waals surface area contributed by atoms with Crippen molar-refractivity contribution < 1.29 is 0 Å². The molecule has 1 saturated heterocycles. The van der Waals surface area contributed by atoms with Gasteiger partial charge in [-0.1, -0.05) is 12.1 Å². The van der Waals surface area contributed by atoms with Crippen LogP contribution in [0.3, 0.4) is 0 Å². The standard InChI is InChI=1S/C21H32N6S/c1-17-6-4-7-19(14-17)27-12-10-26(11-13-27)9-5-8-23-21(22-3)25-16-20-24-15-18(2)28-20/h4,6-7,14-15H,5,8-13,16H2,1-3H3,(H2,22,23,25). The van der Waals surface area contributed by atoms with Gasteiger partial charge in [-0.15, -0.1) is 11.3 Å². The summed E-state index contributed by atoms with van der Waals surface area (Å²) in [6, 6.07) is 8.82. The number of benzene rings is 1. The average Bonchev–Trinajstić information content (AvgIpc) is 3.13. The highest BCUT2D eigenvalue weighted by Crippen LogP contribution is 2.17. The third kappa shape index (κ3) is 6.21. The van der Waals surface area contributed by atoms with Crippen molar-refractivity contribution in [3.8, 4) is 0 Å². The Hall–Kier alpha value is -2.12. The average molecular weight is 401 g/mol. The molecule has 0 radical (unpaired) electrons. The number of thiazole rings is 1. The van der Waals surface area contributed by atoms with Crippen molar-refractivity contribution in [2.75, 3.05) is 51.2 Å². The Balaban J connectivity index is 1.31. The Morgan fingerprint density at radius 2 is 2.00 bits per heavy atom. The normalized spacial score (nSPS) is 15.7. The first kappa shape index (κ1) is 20.6. The minimum Gasteiger partial charge on any atom is -0.369 e. The van der Waals surface area contributed by atoms with Crippen LogP contribution in [0.5, 0.6) is 0 Å². The fraction of sp³-hybridized carbons (Fsp3) is 0.524. The number of rotatable bonds is 7. The third-order valence-corrected chi connectivity index (χ3v) is 5.90. The summed E-state index contributed by atoms with van der Waals surface area (Å²) in [7, 11) is 1.81. The van der Waals surface area contributed by atoms with Crippen molar-refractivity contribution in [1.82, 2.24) is 20.5 Å². The zero-order valence-corrected chi connectivity index (χ0v) is 18.1. The Kier molecular flexibility index (Phi) is 7.68. The molecule has 0 aliphatic carbocycles. The Labute approximate surface area is 172 Å². The summed E-state index contributed by atoms with van der Waals surface area (Å²) in [5.41, 5.74) is 2.68. The number of guanidine groups is 1. The molecule has 152 valence electrons. The number of aromatic nitrogens is 1. The van der Waals surface area contributed by atoms with Gasteiger partial charge >= 0.3 is 0 Å². The predicted molar refractivity (Wildman–Crippen MR) is 120 cm³/mol. The van der Waals surface area contributed by atoms with Gasteiger partial charge < -0.3 is 15.5 Å². The van der Waals surface area contributed by atoms with E-state index < -0.39 is 0 Å². The molecule has 3 rings (SSSR count). The van der Waals surface area contributed by atoms with E-state index in [4.69, 9.17) is 0 Å². The van der Waals surface area contributed by atoms with Crippen molar-refractivity contribution in [2.45, 2.75) is 26.8 Å². The van der Waals surface area contributed by atoms with Gasteiger partial charge in [0.1, 0.15) is 5.01 Å². The van der Waals surface area contributed by atoms with Crippen molar-refractivity contribution in [1.29, 1.82) is 0 Å². The first-order chi connectivity index (χ1) is 13.6. The quantitative estimate of drug-likeness (QED) is 0.425. The van der Waals surface area contributed by atoms with E-state index in [2.05, 4.69) is 68.5 Å². The maximum absolute atomic E-state index is 4.37. The van der Waals surface area contributed by atoms with Crippen molar-refractivity contribution in [3.05, 3.63) is 45.9 Å². The van der Waals surface area contributed by atoms with Crippen LogP contribution in [0.15, 0.2) is 35.5 Å². The molecule has 6 nitrogen and oxygen atoms in total. The summed E-state index contributed by atoms with van der Waals surface area (Å²) < 4.78 is 0. The highest BCUT2D eigenvalue weighted by molar-refractivity contribution is 7.11. The van der Waals surface area contributed by atoms with Crippen LogP contribution < -0.4 is 15.5 Å². The van der Waals surface area contributed by atoms with Gasteiger partial charge in [0.15, 0.2) is 5.96 Å². The largest absolute Gasteiger partial charge is 0.369 e. The SMILES string of the molecule is CN=C(NCCCN1CCN(c2cccc(C)c2)CC1)NCc1ncc(C)s1. The van der Waals surface area contributed by atoms with Gasteiger partial charge in [-0.2, -0.15) is 0 Å². The zero-order valence-electron chi connectivity index (χ0n) is 17.2. The molecule has 1 aromatic carbocycles. The van der Waals surface area contributed by atoms with Crippen LogP contribution in [0.1, 0.15) is 21.9 Å². The van der Waals surface area contributed by atoms with E-state index in [1.807, 2.05) is 13.2 Å². The number of anilines is 1. The lowest BCUT2D eigenvalue weighted by atomic mass is 10.2. The second kappa shape index (κ2) is 10.4. The fourth-order valence-corrected chi connectivity index (χ4v) is 4.15. The summed E-state index contributed by atoms with van der Waals surface area (Å²) in [6.07, 6.45) is 3.03. The van der Waals surface area contributed by atoms with Gasteiger partial charge in [-0.3, -0.25) is 9.89 Å². The molecule has 28 heavy (non-hydrogen) atoms. The van der Waals surface area contributed by atoms with Crippen molar-refractivity contribution in [3.63, 3.8) is 0 Å². The van der Waals surface area contributed by atoms with E-state index in [0.29, 0.717) is 0 Å². The molecule has 0 bridgehead atoms. The molecule has 2 N–H and O–H groups in total. The monoisotopic (exact) mass is 400 g/mol. The van der Waals surface area contributed by atoms with Crippen LogP contribution in [-0.2, 0) is 6.54 Å². The third-order valence-electron chi connectivity index (χ3n) is 4.98. The van der Waals surface area contributed by atoms with Gasteiger partial charge in [-0.05, 0) is 44.5 Å². The molecule has 1 aliphatic heterocycles. The van der Waals surface area contributed by atoms with Crippen LogP contribution in [0, 0.1) is 13.8 Å². The molecule has 1 aliphatic rings. The Morgan fingerprint density at radius 3 is 2.68 bits per heavy atom. The summed E-state index contributed by atoms with van der Waals surface area (Å²) in [5, 5.41) is 7.83. The molecule has 0 amide bonds. The van der Waals surface area contributed by atoms with Gasteiger partial charge in [0, 0.05) is 56.5 Å². The molecule has 0 saturated carbocycles. The van der Waals surface area contributed by atoms with E-state index in [1.165, 1.54) is 16.1 Å². The zero-order chi connectivity index (χ0) is 19.8. The number of aliphatic imine (C=N–C) groups is 1. The lowest BCUT2D eigenvalue weighted by molar-refractivity contribution is 0.255. The van der Waals surface area contributed by atoms with Gasteiger partial charge in [0.05, 0.1) is 6.54 Å². The minimum atomic E-state index is 0.721. The van der Waals surface area contributed by atoms with Crippen molar-refractivity contribution >= 4 is 23.0 Å². The maximum atomic E-state index is 4.37. The van der Waals surface area contributed by atoms with E-state index in [0.717, 1.165) is 63.2 Å². The molecule has 1 aromatic heterocycles. The predicted octanol–water partition coefficient (Wildman–Crippen LogP) is 2.64. The number of nitrogens with zero attached hydrogens (tertiary/aromatic N) is 4. The highest BCUT2D eigenvalue weighted by atomic mass is 32.1. The lowest BCUT2D eigenvalue weighted by Gasteiger charge is -2.36. The van der Waals surface area contributed by atoms with Crippen LogP contribution in [0.4, 0.5) is 5.69 Å². The number of aryl methyl sites for hydroxylation is 2. The van der Waals surface area contributed by atoms with Gasteiger partial charge in [-0.25, -0.2) is 4.98 Å². The lowest BCUT2D eigenvalue weighted by Crippen LogP contribution is -2.47. The first-order valence-electron chi connectivity index (χ1n) is 10.0. The molecular weight excluding hydrogens is 368 g/mol. The van der Waals surface area contributed by atoms with E-state index >= 15 is 0 Å². The molecule has 0 spiro atoms. The van der Waals surface area contributed by atoms with Crippen LogP contribution in [0.2, 0.25) is 0 Å². The second-order valence-corrected chi connectivity index (χ2v) is 8.56. The Morgan fingerprint density at radius 1 is 1.18 bits per heavy atom. The van der Waals surface area contributed by atoms with E-state index in [9.17, 15) is 0 Å². The maximum Gasteiger partial charge on any atom is 0.191 e. The van der Waals surface area contributed by atoms with Crippen LogP contribution in [-0.4, -0.2) is 62.2 Å². The summed E-state index contributed by atoms with van der Waals surface area (Å²) in [6.45, 7) is 11.5. The summed E-state index contributed by atoms with van der Waals surface area (Å²) in [4.78, 5) is 15.0. The molecule has 0 atom stereocenters. The fourth-order valence-electron chi connectivity index (χ4n) is 3.43. The van der Waals surface area contributed by atoms with Crippen LogP contribution >= 0.6 is 11.3 Å². The smallest absolute Gasteiger partial charge is 0.191 e. The number of piperazine rings is 1. The van der Waals surface area contributed by atoms with Gasteiger partial charge in [0.25, 0.3) is 0 Å². The summed E-state index contributed by atoms with van der Waals surface area (Å²) in [5.74, 6) is 0.845. The van der Waals surface area contributed by atoms with Crippen molar-refractivity contribution in [2.24, 2.45) is 4.99 Å². The minimum absolute atomic E-state index is 0.721. The molecule has 7 heteroatoms. The van der Waals surface area contributed by atoms with E-state index in [-0.39, 0.29) is 0 Å². The number of hydrogen-bond donors (Lipinski definition) is 2. The van der Waals surface area contributed by atoms with Crippen LogP contribution in [0.25, 0.3) is 0 Å². The van der Waals surface area contributed by atoms with Gasteiger partial charge in [0.2, 0.25) is 0 Å².